The average Bonchev–Trinajstić information content (AvgIpc) is 2.73. The lowest BCUT2D eigenvalue weighted by Crippen LogP contribution is -2.38. The number of hydrogen-bond donors (Lipinski definition) is 2. The van der Waals surface area contributed by atoms with E-state index in [1.807, 2.05) is 19.9 Å². The molecule has 156 valence electrons. The minimum Gasteiger partial charge on any atom is -0.493 e. The summed E-state index contributed by atoms with van der Waals surface area (Å²) >= 11 is 6.25. The van der Waals surface area contributed by atoms with E-state index in [0.29, 0.717) is 37.3 Å². The molecule has 2 N–H and O–H groups in total. The van der Waals surface area contributed by atoms with E-state index in [9.17, 15) is 4.79 Å². The van der Waals surface area contributed by atoms with Gasteiger partial charge in [0.15, 0.2) is 11.6 Å². The minimum atomic E-state index is -0.494. The number of benzene rings is 2. The van der Waals surface area contributed by atoms with Crippen LogP contribution in [-0.2, 0) is 11.2 Å². The first-order chi connectivity index (χ1) is 14.0. The zero-order valence-corrected chi connectivity index (χ0v) is 17.4. The lowest BCUT2D eigenvalue weighted by molar-refractivity contribution is -0.109. The molecule has 1 aliphatic heterocycles. The van der Waals surface area contributed by atoms with Gasteiger partial charge in [-0.1, -0.05) is 30.7 Å². The molecule has 1 heterocycles. The van der Waals surface area contributed by atoms with Crippen molar-refractivity contribution in [3.8, 4) is 17.2 Å². The van der Waals surface area contributed by atoms with Crippen molar-refractivity contribution in [2.24, 2.45) is 0 Å². The molecule has 3 rings (SSSR count). The van der Waals surface area contributed by atoms with Gasteiger partial charge in [-0.15, -0.1) is 0 Å². The van der Waals surface area contributed by atoms with Crippen LogP contribution in [0.5, 0.6) is 17.2 Å². The molecule has 7 heteroatoms. The summed E-state index contributed by atoms with van der Waals surface area (Å²) in [6.07, 6.45) is 3.26. The maximum Gasteiger partial charge on any atom is 0.207 e. The van der Waals surface area contributed by atoms with Crippen LogP contribution < -0.4 is 20.1 Å². The van der Waals surface area contributed by atoms with Crippen molar-refractivity contribution in [1.29, 1.82) is 0 Å². The van der Waals surface area contributed by atoms with Crippen molar-refractivity contribution in [2.75, 3.05) is 13.2 Å². The number of hydrogen-bond acceptors (Lipinski definition) is 4. The Morgan fingerprint density at radius 2 is 2.17 bits per heavy atom. The third-order valence-corrected chi connectivity index (χ3v) is 5.26. The molecular formula is C22H26ClFN2O3. The molecule has 0 spiro atoms. The number of amides is 1. The van der Waals surface area contributed by atoms with Crippen LogP contribution in [0.1, 0.15) is 43.9 Å². The standard InChI is InChI=1S/C22H26ClFN2O3/c1-3-19(26-14(2)12-25-13-27)17-8-9-18(23)22(21(17)24)29-16-7-6-15-5-4-10-28-20(15)11-16/h6-9,11,13-14,19,26H,3-5,10,12H2,1-2H3,(H,25,27)/t14-,19-/m1/s1. The van der Waals surface area contributed by atoms with Crippen molar-refractivity contribution in [1.82, 2.24) is 10.6 Å². The fourth-order valence-electron chi connectivity index (χ4n) is 3.47. The molecule has 29 heavy (non-hydrogen) atoms. The van der Waals surface area contributed by atoms with Crippen molar-refractivity contribution in [2.45, 2.75) is 45.2 Å². The molecule has 2 aromatic rings. The van der Waals surface area contributed by atoms with Gasteiger partial charge in [0.25, 0.3) is 0 Å². The molecule has 0 aliphatic carbocycles. The van der Waals surface area contributed by atoms with Crippen molar-refractivity contribution < 1.29 is 18.7 Å². The molecule has 0 saturated heterocycles. The fraction of sp³-hybridized carbons (Fsp3) is 0.409. The Labute approximate surface area is 175 Å². The van der Waals surface area contributed by atoms with Crippen molar-refractivity contribution >= 4 is 18.0 Å². The fourth-order valence-corrected chi connectivity index (χ4v) is 3.65. The van der Waals surface area contributed by atoms with Crippen molar-refractivity contribution in [3.05, 3.63) is 52.3 Å². The van der Waals surface area contributed by atoms with Gasteiger partial charge >= 0.3 is 0 Å². The van der Waals surface area contributed by atoms with E-state index < -0.39 is 5.82 Å². The maximum absolute atomic E-state index is 15.3. The van der Waals surface area contributed by atoms with Gasteiger partial charge in [0.1, 0.15) is 11.5 Å². The third-order valence-electron chi connectivity index (χ3n) is 4.96. The van der Waals surface area contributed by atoms with Crippen molar-refractivity contribution in [3.63, 3.8) is 0 Å². The zero-order valence-electron chi connectivity index (χ0n) is 16.6. The number of halogens is 2. The molecule has 5 nitrogen and oxygen atoms in total. The Balaban J connectivity index is 1.83. The Hall–Kier alpha value is -2.31. The SMILES string of the molecule is CC[C@@H](N[C@H](C)CNC=O)c1ccc(Cl)c(Oc2ccc3c(c2)OCCC3)c1F. The Morgan fingerprint density at radius 3 is 2.93 bits per heavy atom. The molecule has 0 aromatic heterocycles. The van der Waals surface area contributed by atoms with E-state index in [1.54, 1.807) is 24.3 Å². The first kappa shape index (κ1) is 21.4. The lowest BCUT2D eigenvalue weighted by atomic mass is 10.0. The van der Waals surface area contributed by atoms with E-state index in [4.69, 9.17) is 21.1 Å². The summed E-state index contributed by atoms with van der Waals surface area (Å²) in [7, 11) is 0. The van der Waals surface area contributed by atoms with Crippen LogP contribution in [-0.4, -0.2) is 25.6 Å². The average molecular weight is 421 g/mol. The van der Waals surface area contributed by atoms with E-state index in [0.717, 1.165) is 24.2 Å². The summed E-state index contributed by atoms with van der Waals surface area (Å²) < 4.78 is 26.9. The molecule has 0 unspecified atom stereocenters. The number of rotatable bonds is 9. The van der Waals surface area contributed by atoms with Crippen LogP contribution in [0.15, 0.2) is 30.3 Å². The highest BCUT2D eigenvalue weighted by atomic mass is 35.5. The molecule has 0 bridgehead atoms. The molecular weight excluding hydrogens is 395 g/mol. The third kappa shape index (κ3) is 5.19. The van der Waals surface area contributed by atoms with E-state index in [-0.39, 0.29) is 22.9 Å². The molecule has 0 saturated carbocycles. The number of carbonyl (C=O) groups excluding carboxylic acids is 1. The number of carbonyl (C=O) groups is 1. The predicted octanol–water partition coefficient (Wildman–Crippen LogP) is 4.77. The Bertz CT molecular complexity index is 862. The number of nitrogens with one attached hydrogen (secondary N) is 2. The van der Waals surface area contributed by atoms with Gasteiger partial charge in [0.05, 0.1) is 11.6 Å². The van der Waals surface area contributed by atoms with Gasteiger partial charge < -0.3 is 20.1 Å². The molecule has 1 aliphatic rings. The Morgan fingerprint density at radius 1 is 1.34 bits per heavy atom. The van der Waals surface area contributed by atoms with Gasteiger partial charge in [-0.25, -0.2) is 4.39 Å². The summed E-state index contributed by atoms with van der Waals surface area (Å²) in [6, 6.07) is 8.56. The van der Waals surface area contributed by atoms with Crippen LogP contribution in [0.25, 0.3) is 0 Å². The van der Waals surface area contributed by atoms with E-state index >= 15 is 4.39 Å². The highest BCUT2D eigenvalue weighted by Gasteiger charge is 2.22. The first-order valence-corrected chi connectivity index (χ1v) is 10.3. The number of fused-ring (bicyclic) bond motifs is 1. The normalized spacial score (nSPS) is 15.0. The van der Waals surface area contributed by atoms with Gasteiger partial charge in [-0.2, -0.15) is 0 Å². The summed E-state index contributed by atoms with van der Waals surface area (Å²) in [4.78, 5) is 10.5. The van der Waals surface area contributed by atoms with Gasteiger partial charge in [-0.05, 0) is 43.9 Å². The molecule has 0 fully saturated rings. The summed E-state index contributed by atoms with van der Waals surface area (Å²) in [5.74, 6) is 0.754. The predicted molar refractivity (Wildman–Crippen MR) is 111 cm³/mol. The number of aryl methyl sites for hydroxylation is 1. The number of ether oxygens (including phenoxy) is 2. The second-order valence-electron chi connectivity index (χ2n) is 7.16. The lowest BCUT2D eigenvalue weighted by Gasteiger charge is -2.24. The molecule has 1 amide bonds. The van der Waals surface area contributed by atoms with Crippen LogP contribution in [0.3, 0.4) is 0 Å². The molecule has 2 aromatic carbocycles. The summed E-state index contributed by atoms with van der Waals surface area (Å²) in [5, 5.41) is 6.16. The smallest absolute Gasteiger partial charge is 0.207 e. The zero-order chi connectivity index (χ0) is 20.8. The second-order valence-corrected chi connectivity index (χ2v) is 7.57. The van der Waals surface area contributed by atoms with E-state index in [1.165, 1.54) is 0 Å². The largest absolute Gasteiger partial charge is 0.493 e. The summed E-state index contributed by atoms with van der Waals surface area (Å²) in [5.41, 5.74) is 1.59. The molecule has 0 radical (unpaired) electrons. The second kappa shape index (κ2) is 9.94. The van der Waals surface area contributed by atoms with Crippen LogP contribution in [0.2, 0.25) is 5.02 Å². The van der Waals surface area contributed by atoms with Crippen LogP contribution in [0.4, 0.5) is 4.39 Å². The monoisotopic (exact) mass is 420 g/mol. The van der Waals surface area contributed by atoms with Crippen LogP contribution >= 0.6 is 11.6 Å². The summed E-state index contributed by atoms with van der Waals surface area (Å²) in [6.45, 7) is 5.01. The highest BCUT2D eigenvalue weighted by Crippen LogP contribution is 2.38. The minimum absolute atomic E-state index is 0.00107. The van der Waals surface area contributed by atoms with Crippen LogP contribution in [0, 0.1) is 5.82 Å². The van der Waals surface area contributed by atoms with Gasteiger partial charge in [-0.3, -0.25) is 4.79 Å². The maximum atomic E-state index is 15.3. The molecule has 2 atom stereocenters. The van der Waals surface area contributed by atoms with Gasteiger partial charge in [0, 0.05) is 30.3 Å². The van der Waals surface area contributed by atoms with E-state index in [2.05, 4.69) is 10.6 Å². The quantitative estimate of drug-likeness (QED) is 0.573. The Kier molecular flexibility index (Phi) is 7.34. The van der Waals surface area contributed by atoms with Gasteiger partial charge in [0.2, 0.25) is 6.41 Å². The highest BCUT2D eigenvalue weighted by molar-refractivity contribution is 6.32. The topological polar surface area (TPSA) is 59.6 Å². The first-order valence-electron chi connectivity index (χ1n) is 9.88.